The Labute approximate surface area is 221 Å². The predicted molar refractivity (Wildman–Crippen MR) is 147 cm³/mol. The Morgan fingerprint density at radius 3 is 2.43 bits per heavy atom. The normalized spacial score (nSPS) is 11.5. The van der Waals surface area contributed by atoms with Gasteiger partial charge in [-0.3, -0.25) is 5.32 Å². The van der Waals surface area contributed by atoms with Crippen molar-refractivity contribution in [3.05, 3.63) is 65.5 Å². The maximum Gasteiger partial charge on any atom is 0.324 e. The third-order valence-electron chi connectivity index (χ3n) is 5.51. The molecule has 4 rings (SSSR count). The maximum absolute atomic E-state index is 12.4. The molecule has 0 saturated carbocycles. The third kappa shape index (κ3) is 6.87. The fourth-order valence-corrected chi connectivity index (χ4v) is 3.70. The Balaban J connectivity index is 1.37. The van der Waals surface area contributed by atoms with E-state index in [4.69, 9.17) is 16.1 Å². The first-order valence-electron chi connectivity index (χ1n) is 11.8. The lowest BCUT2D eigenvalue weighted by molar-refractivity contribution is 0.262. The standard InChI is InChI=1S/C26H31ClN8O2/c1-26(2,3)23-15-24(32-37-23)30-25(36)29-18-8-6-17(7-9-18)21-16-35(33-31-21)22-11-10-19(14-20(22)27)28-12-13-34(4)5/h6-11,14-16,28H,12-13H2,1-5H3,(H2,29,30,32,36). The number of aromatic nitrogens is 4. The van der Waals surface area contributed by atoms with Crippen LogP contribution in [0.2, 0.25) is 5.02 Å². The summed E-state index contributed by atoms with van der Waals surface area (Å²) >= 11 is 6.52. The van der Waals surface area contributed by atoms with E-state index in [1.165, 1.54) is 0 Å². The summed E-state index contributed by atoms with van der Waals surface area (Å²) in [5.74, 6) is 1.04. The number of nitrogens with zero attached hydrogens (tertiary/aromatic N) is 5. The zero-order valence-corrected chi connectivity index (χ0v) is 22.3. The monoisotopic (exact) mass is 522 g/mol. The molecule has 0 saturated heterocycles. The lowest BCUT2D eigenvalue weighted by atomic mass is 9.93. The van der Waals surface area contributed by atoms with Gasteiger partial charge in [0.05, 0.1) is 16.9 Å². The number of urea groups is 1. The molecule has 3 N–H and O–H groups in total. The van der Waals surface area contributed by atoms with Crippen molar-refractivity contribution < 1.29 is 9.32 Å². The van der Waals surface area contributed by atoms with Gasteiger partial charge in [-0.1, -0.05) is 54.9 Å². The highest BCUT2D eigenvalue weighted by Gasteiger charge is 2.20. The van der Waals surface area contributed by atoms with Crippen LogP contribution in [0.25, 0.3) is 16.9 Å². The molecule has 0 spiro atoms. The van der Waals surface area contributed by atoms with Gasteiger partial charge in [-0.2, -0.15) is 0 Å². The van der Waals surface area contributed by atoms with Gasteiger partial charge in [0, 0.05) is 41.5 Å². The number of benzene rings is 2. The van der Waals surface area contributed by atoms with Crippen molar-refractivity contribution in [2.75, 3.05) is 43.1 Å². The van der Waals surface area contributed by atoms with Gasteiger partial charge in [-0.05, 0) is 44.4 Å². The fraction of sp³-hybridized carbons (Fsp3) is 0.308. The van der Waals surface area contributed by atoms with E-state index in [1.54, 1.807) is 22.9 Å². The first-order chi connectivity index (χ1) is 17.6. The number of hydrogen-bond donors (Lipinski definition) is 3. The lowest BCUT2D eigenvalue weighted by Gasteiger charge is -2.12. The van der Waals surface area contributed by atoms with Crippen molar-refractivity contribution in [2.24, 2.45) is 0 Å². The smallest absolute Gasteiger partial charge is 0.324 e. The molecular formula is C26H31ClN8O2. The molecule has 2 aromatic heterocycles. The molecule has 10 nitrogen and oxygen atoms in total. The molecule has 2 aromatic carbocycles. The Kier molecular flexibility index (Phi) is 7.80. The van der Waals surface area contributed by atoms with Crippen molar-refractivity contribution in [3.8, 4) is 16.9 Å². The molecule has 2 heterocycles. The number of halogens is 1. The Hall–Kier alpha value is -3.89. The first-order valence-corrected chi connectivity index (χ1v) is 12.2. The average molecular weight is 523 g/mol. The van der Waals surface area contributed by atoms with Crippen molar-refractivity contribution in [1.82, 2.24) is 25.1 Å². The van der Waals surface area contributed by atoms with Crippen LogP contribution in [0.5, 0.6) is 0 Å². The molecule has 0 bridgehead atoms. The Morgan fingerprint density at radius 2 is 1.78 bits per heavy atom. The molecule has 0 fully saturated rings. The van der Waals surface area contributed by atoms with E-state index in [-0.39, 0.29) is 5.41 Å². The van der Waals surface area contributed by atoms with Crippen LogP contribution in [0, 0.1) is 0 Å². The van der Waals surface area contributed by atoms with E-state index in [0.717, 1.165) is 30.0 Å². The maximum atomic E-state index is 12.4. The van der Waals surface area contributed by atoms with E-state index < -0.39 is 6.03 Å². The number of likely N-dealkylation sites (N-methyl/N-ethyl adjacent to an activating group) is 1. The highest BCUT2D eigenvalue weighted by atomic mass is 35.5. The van der Waals surface area contributed by atoms with Gasteiger partial charge in [-0.25, -0.2) is 9.48 Å². The highest BCUT2D eigenvalue weighted by Crippen LogP contribution is 2.27. The van der Waals surface area contributed by atoms with Crippen molar-refractivity contribution in [3.63, 3.8) is 0 Å². The predicted octanol–water partition coefficient (Wildman–Crippen LogP) is 5.49. The minimum Gasteiger partial charge on any atom is -0.384 e. The molecule has 0 aliphatic heterocycles. The number of carbonyl (C=O) groups is 1. The molecule has 11 heteroatoms. The van der Waals surface area contributed by atoms with Crippen molar-refractivity contribution in [1.29, 1.82) is 0 Å². The largest absolute Gasteiger partial charge is 0.384 e. The van der Waals surface area contributed by atoms with Crippen LogP contribution >= 0.6 is 11.6 Å². The number of carbonyl (C=O) groups excluding carboxylic acids is 1. The molecule has 0 aliphatic carbocycles. The zero-order valence-electron chi connectivity index (χ0n) is 21.5. The average Bonchev–Trinajstić information content (AvgIpc) is 3.49. The first kappa shape index (κ1) is 26.2. The summed E-state index contributed by atoms with van der Waals surface area (Å²) in [6, 6.07) is 14.3. The molecular weight excluding hydrogens is 492 g/mol. The molecule has 194 valence electrons. The molecule has 37 heavy (non-hydrogen) atoms. The van der Waals surface area contributed by atoms with Gasteiger partial charge in [0.15, 0.2) is 5.82 Å². The van der Waals surface area contributed by atoms with Gasteiger partial charge >= 0.3 is 6.03 Å². The highest BCUT2D eigenvalue weighted by molar-refractivity contribution is 6.32. The van der Waals surface area contributed by atoms with Crippen LogP contribution in [0.3, 0.4) is 0 Å². The fourth-order valence-electron chi connectivity index (χ4n) is 3.43. The molecule has 0 radical (unpaired) electrons. The van der Waals surface area contributed by atoms with Crippen molar-refractivity contribution in [2.45, 2.75) is 26.2 Å². The summed E-state index contributed by atoms with van der Waals surface area (Å²) in [5, 5.41) is 21.8. The summed E-state index contributed by atoms with van der Waals surface area (Å²) in [4.78, 5) is 14.5. The van der Waals surface area contributed by atoms with Gasteiger partial charge in [0.25, 0.3) is 0 Å². The van der Waals surface area contributed by atoms with Crippen molar-refractivity contribution >= 4 is 34.8 Å². The summed E-state index contributed by atoms with van der Waals surface area (Å²) in [6.45, 7) is 7.76. The Bertz CT molecular complexity index is 1360. The number of anilines is 3. The van der Waals surface area contributed by atoms with E-state index >= 15 is 0 Å². The summed E-state index contributed by atoms with van der Waals surface area (Å²) in [5.41, 5.74) is 3.63. The molecule has 0 unspecified atom stereocenters. The van der Waals surface area contributed by atoms with Crippen LogP contribution in [-0.2, 0) is 5.41 Å². The Morgan fingerprint density at radius 1 is 1.05 bits per heavy atom. The van der Waals surface area contributed by atoms with E-state index in [9.17, 15) is 4.79 Å². The van der Waals surface area contributed by atoms with Crippen LogP contribution in [0.4, 0.5) is 22.0 Å². The summed E-state index contributed by atoms with van der Waals surface area (Å²) < 4.78 is 6.94. The quantitative estimate of drug-likeness (QED) is 0.280. The van der Waals surface area contributed by atoms with E-state index in [0.29, 0.717) is 28.0 Å². The van der Waals surface area contributed by atoms with Crippen LogP contribution < -0.4 is 16.0 Å². The summed E-state index contributed by atoms with van der Waals surface area (Å²) in [7, 11) is 4.06. The number of amides is 2. The molecule has 0 aliphatic rings. The third-order valence-corrected chi connectivity index (χ3v) is 5.81. The second-order valence-electron chi connectivity index (χ2n) is 9.93. The minimum absolute atomic E-state index is 0.196. The molecule has 4 aromatic rings. The van der Waals surface area contributed by atoms with E-state index in [2.05, 4.69) is 36.3 Å². The van der Waals surface area contributed by atoms with Crippen LogP contribution in [-0.4, -0.2) is 58.3 Å². The van der Waals surface area contributed by atoms with Gasteiger partial charge < -0.3 is 20.1 Å². The SMILES string of the molecule is CN(C)CCNc1ccc(-n2cc(-c3ccc(NC(=O)Nc4cc(C(C)(C)C)on4)cc3)nn2)c(Cl)c1. The molecule has 2 amide bonds. The number of hydrogen-bond acceptors (Lipinski definition) is 7. The number of rotatable bonds is 8. The van der Waals surface area contributed by atoms with Gasteiger partial charge in [0.2, 0.25) is 0 Å². The second kappa shape index (κ2) is 11.0. The van der Waals surface area contributed by atoms with Crippen LogP contribution in [0.15, 0.2) is 59.3 Å². The summed E-state index contributed by atoms with van der Waals surface area (Å²) in [6.07, 6.45) is 1.81. The molecule has 0 atom stereocenters. The van der Waals surface area contributed by atoms with Crippen LogP contribution in [0.1, 0.15) is 26.5 Å². The topological polar surface area (TPSA) is 113 Å². The number of nitrogens with one attached hydrogen (secondary N) is 3. The van der Waals surface area contributed by atoms with Gasteiger partial charge in [-0.15, -0.1) is 5.10 Å². The van der Waals surface area contributed by atoms with E-state index in [1.807, 2.05) is 71.4 Å². The second-order valence-corrected chi connectivity index (χ2v) is 10.3. The minimum atomic E-state index is -0.415. The zero-order chi connectivity index (χ0) is 26.6. The van der Waals surface area contributed by atoms with Gasteiger partial charge in [0.1, 0.15) is 11.5 Å². The lowest BCUT2D eigenvalue weighted by Crippen LogP contribution is -2.20.